The molecule has 0 unspecified atom stereocenters. The average Bonchev–Trinajstić information content (AvgIpc) is 2.60. The van der Waals surface area contributed by atoms with Gasteiger partial charge in [-0.3, -0.25) is 9.59 Å². The Kier molecular flexibility index (Phi) is 5.67. The third kappa shape index (κ3) is 5.04. The number of aromatic nitrogens is 2. The van der Waals surface area contributed by atoms with E-state index in [1.165, 1.54) is 17.8 Å². The van der Waals surface area contributed by atoms with E-state index in [9.17, 15) is 9.59 Å². The van der Waals surface area contributed by atoms with Crippen molar-refractivity contribution in [3.05, 3.63) is 75.5 Å². The van der Waals surface area contributed by atoms with Crippen molar-refractivity contribution in [3.8, 4) is 11.3 Å². The van der Waals surface area contributed by atoms with Crippen LogP contribution in [0, 0.1) is 0 Å². The van der Waals surface area contributed by atoms with Crippen molar-refractivity contribution >= 4 is 39.3 Å². The number of H-pyrrole nitrogens is 1. The number of thioether (sulfide) groups is 1. The minimum Gasteiger partial charge on any atom is -0.325 e. The maximum absolute atomic E-state index is 12.1. The number of benzene rings is 2. The predicted octanol–water partition coefficient (Wildman–Crippen LogP) is 3.93. The lowest BCUT2D eigenvalue weighted by molar-refractivity contribution is -0.113. The van der Waals surface area contributed by atoms with Crippen LogP contribution in [0.15, 0.2) is 75.1 Å². The van der Waals surface area contributed by atoms with Gasteiger partial charge in [0, 0.05) is 21.8 Å². The Morgan fingerprint density at radius 3 is 2.68 bits per heavy atom. The fraction of sp³-hybridized carbons (Fsp3) is 0.0556. The highest BCUT2D eigenvalue weighted by molar-refractivity contribution is 9.10. The first-order chi connectivity index (χ1) is 12.1. The first-order valence-corrected chi connectivity index (χ1v) is 9.23. The molecule has 5 nitrogen and oxygen atoms in total. The second-order valence-corrected chi connectivity index (χ2v) is 7.03. The maximum atomic E-state index is 12.1. The molecular weight excluding hydrogens is 402 g/mol. The molecule has 126 valence electrons. The summed E-state index contributed by atoms with van der Waals surface area (Å²) in [6.45, 7) is 0. The molecule has 0 saturated carbocycles. The van der Waals surface area contributed by atoms with Crippen LogP contribution in [-0.4, -0.2) is 21.6 Å². The second kappa shape index (κ2) is 8.13. The van der Waals surface area contributed by atoms with Gasteiger partial charge in [0.2, 0.25) is 5.91 Å². The van der Waals surface area contributed by atoms with Gasteiger partial charge >= 0.3 is 0 Å². The van der Waals surface area contributed by atoms with Gasteiger partial charge in [0.1, 0.15) is 0 Å². The summed E-state index contributed by atoms with van der Waals surface area (Å²) in [5.74, 6) is -0.0240. The molecule has 0 fully saturated rings. The molecule has 0 radical (unpaired) electrons. The molecule has 1 aromatic heterocycles. The molecule has 2 N–H and O–H groups in total. The monoisotopic (exact) mass is 415 g/mol. The minimum atomic E-state index is -0.247. The van der Waals surface area contributed by atoms with E-state index in [0.29, 0.717) is 16.5 Å². The molecule has 0 saturated heterocycles. The van der Waals surface area contributed by atoms with E-state index in [1.54, 1.807) is 0 Å². The molecule has 25 heavy (non-hydrogen) atoms. The summed E-state index contributed by atoms with van der Waals surface area (Å²) in [6.07, 6.45) is 0. The topological polar surface area (TPSA) is 74.8 Å². The maximum Gasteiger partial charge on any atom is 0.252 e. The lowest BCUT2D eigenvalue weighted by Gasteiger charge is -2.06. The van der Waals surface area contributed by atoms with Gasteiger partial charge < -0.3 is 10.3 Å². The van der Waals surface area contributed by atoms with Crippen LogP contribution >= 0.6 is 27.7 Å². The third-order valence-electron chi connectivity index (χ3n) is 3.24. The molecule has 1 heterocycles. The number of hydrogen-bond donors (Lipinski definition) is 2. The quantitative estimate of drug-likeness (QED) is 0.488. The molecule has 1 amide bonds. The highest BCUT2D eigenvalue weighted by Gasteiger charge is 2.08. The Balaban J connectivity index is 1.68. The first kappa shape index (κ1) is 17.4. The lowest BCUT2D eigenvalue weighted by atomic mass is 10.1. The number of amides is 1. The number of carbonyl (C=O) groups excluding carboxylic acids is 1. The van der Waals surface area contributed by atoms with Crippen LogP contribution in [0.1, 0.15) is 0 Å². The zero-order valence-corrected chi connectivity index (χ0v) is 15.4. The van der Waals surface area contributed by atoms with E-state index in [1.807, 2.05) is 54.6 Å². The van der Waals surface area contributed by atoms with Gasteiger partial charge in [-0.15, -0.1) is 0 Å². The van der Waals surface area contributed by atoms with Crippen LogP contribution in [-0.2, 0) is 4.79 Å². The highest BCUT2D eigenvalue weighted by Crippen LogP contribution is 2.19. The average molecular weight is 416 g/mol. The summed E-state index contributed by atoms with van der Waals surface area (Å²) in [5.41, 5.74) is 1.90. The van der Waals surface area contributed by atoms with Gasteiger partial charge in [0.05, 0.1) is 11.4 Å². The fourth-order valence-corrected chi connectivity index (χ4v) is 3.23. The molecule has 0 aliphatic heterocycles. The molecule has 2 aromatic carbocycles. The van der Waals surface area contributed by atoms with Gasteiger partial charge in [-0.05, 0) is 18.2 Å². The minimum absolute atomic E-state index is 0.147. The largest absolute Gasteiger partial charge is 0.325 e. The Hall–Kier alpha value is -2.38. The van der Waals surface area contributed by atoms with Crippen molar-refractivity contribution in [2.75, 3.05) is 11.1 Å². The number of aromatic amines is 1. The van der Waals surface area contributed by atoms with Crippen molar-refractivity contribution in [3.63, 3.8) is 0 Å². The number of anilines is 1. The zero-order valence-electron chi connectivity index (χ0n) is 13.0. The zero-order chi connectivity index (χ0) is 17.6. The van der Waals surface area contributed by atoms with Crippen molar-refractivity contribution in [2.24, 2.45) is 0 Å². The van der Waals surface area contributed by atoms with Crippen molar-refractivity contribution < 1.29 is 4.79 Å². The van der Waals surface area contributed by atoms with E-state index < -0.39 is 0 Å². The van der Waals surface area contributed by atoms with E-state index in [4.69, 9.17) is 0 Å². The van der Waals surface area contributed by atoms with E-state index >= 15 is 0 Å². The molecule has 3 rings (SSSR count). The molecule has 3 aromatic rings. The van der Waals surface area contributed by atoms with Crippen LogP contribution in [0.3, 0.4) is 0 Å². The standard InChI is InChI=1S/C18H14BrN3O2S/c19-13-7-4-8-14(9-13)20-17(24)11-25-18-21-15(10-16(23)22-18)12-5-2-1-3-6-12/h1-10H,11H2,(H,20,24)(H,21,22,23). The Morgan fingerprint density at radius 1 is 1.12 bits per heavy atom. The Labute approximate surface area is 157 Å². The lowest BCUT2D eigenvalue weighted by Crippen LogP contribution is -2.15. The summed E-state index contributed by atoms with van der Waals surface area (Å²) in [7, 11) is 0. The van der Waals surface area contributed by atoms with E-state index in [-0.39, 0.29) is 17.2 Å². The van der Waals surface area contributed by atoms with Gasteiger partial charge in [0.15, 0.2) is 5.16 Å². The number of halogens is 1. The number of nitrogens with zero attached hydrogens (tertiary/aromatic N) is 1. The van der Waals surface area contributed by atoms with E-state index in [0.717, 1.165) is 10.0 Å². The van der Waals surface area contributed by atoms with Gasteiger partial charge in [-0.2, -0.15) is 0 Å². The van der Waals surface area contributed by atoms with Gasteiger partial charge in [-0.1, -0.05) is 64.1 Å². The summed E-state index contributed by atoms with van der Waals surface area (Å²) < 4.78 is 0.888. The van der Waals surface area contributed by atoms with Crippen molar-refractivity contribution in [1.82, 2.24) is 9.97 Å². The summed E-state index contributed by atoms with van der Waals surface area (Å²) in [6, 6.07) is 18.2. The van der Waals surface area contributed by atoms with Crippen LogP contribution in [0.4, 0.5) is 5.69 Å². The molecule has 0 aliphatic rings. The molecule has 0 bridgehead atoms. The molecule has 0 atom stereocenters. The van der Waals surface area contributed by atoms with Crippen molar-refractivity contribution in [2.45, 2.75) is 5.16 Å². The number of nitrogens with one attached hydrogen (secondary N) is 2. The van der Waals surface area contributed by atoms with Gasteiger partial charge in [-0.25, -0.2) is 4.98 Å². The van der Waals surface area contributed by atoms with Crippen LogP contribution in [0.5, 0.6) is 0 Å². The Bertz CT molecular complexity index is 944. The van der Waals surface area contributed by atoms with E-state index in [2.05, 4.69) is 31.2 Å². The number of rotatable bonds is 5. The summed E-state index contributed by atoms with van der Waals surface area (Å²) >= 11 is 4.54. The Morgan fingerprint density at radius 2 is 1.92 bits per heavy atom. The molecule has 0 aliphatic carbocycles. The fourth-order valence-electron chi connectivity index (χ4n) is 2.16. The van der Waals surface area contributed by atoms with Crippen LogP contribution < -0.4 is 10.9 Å². The normalized spacial score (nSPS) is 10.4. The van der Waals surface area contributed by atoms with Crippen LogP contribution in [0.25, 0.3) is 11.3 Å². The molecule has 0 spiro atoms. The third-order valence-corrected chi connectivity index (χ3v) is 4.60. The van der Waals surface area contributed by atoms with Gasteiger partial charge in [0.25, 0.3) is 5.56 Å². The van der Waals surface area contributed by atoms with Crippen molar-refractivity contribution in [1.29, 1.82) is 0 Å². The first-order valence-electron chi connectivity index (χ1n) is 7.45. The summed E-state index contributed by atoms with van der Waals surface area (Å²) in [4.78, 5) is 31.0. The molecule has 7 heteroatoms. The second-order valence-electron chi connectivity index (χ2n) is 5.15. The number of hydrogen-bond acceptors (Lipinski definition) is 4. The van der Waals surface area contributed by atoms with Crippen LogP contribution in [0.2, 0.25) is 0 Å². The SMILES string of the molecule is O=C(CSc1nc(-c2ccccc2)cc(=O)[nH]1)Nc1cccc(Br)c1. The smallest absolute Gasteiger partial charge is 0.252 e. The number of carbonyl (C=O) groups is 1. The highest BCUT2D eigenvalue weighted by atomic mass is 79.9. The summed E-state index contributed by atoms with van der Waals surface area (Å²) in [5, 5.41) is 3.22. The molecular formula is C18H14BrN3O2S. The predicted molar refractivity (Wildman–Crippen MR) is 104 cm³/mol.